The number of carbonyl (C=O) groups is 1. The van der Waals surface area contributed by atoms with Crippen LogP contribution in [0.4, 0.5) is 14.9 Å². The van der Waals surface area contributed by atoms with Crippen molar-refractivity contribution in [2.24, 2.45) is 5.92 Å². The van der Waals surface area contributed by atoms with Gasteiger partial charge >= 0.3 is 6.03 Å². The number of pyridine rings is 1. The lowest BCUT2D eigenvalue weighted by atomic mass is 10.0. The van der Waals surface area contributed by atoms with Crippen molar-refractivity contribution in [3.63, 3.8) is 0 Å². The van der Waals surface area contributed by atoms with Gasteiger partial charge in [-0.3, -0.25) is 9.88 Å². The van der Waals surface area contributed by atoms with Gasteiger partial charge in [0.1, 0.15) is 11.6 Å². The summed E-state index contributed by atoms with van der Waals surface area (Å²) in [6, 6.07) is 18.1. The molecule has 0 aliphatic carbocycles. The number of ether oxygens (including phenoxy) is 1. The Morgan fingerprint density at radius 3 is 2.28 bits per heavy atom. The highest BCUT2D eigenvalue weighted by Crippen LogP contribution is 2.24. The predicted octanol–water partition coefficient (Wildman–Crippen LogP) is 5.63. The Morgan fingerprint density at radius 2 is 1.59 bits per heavy atom. The van der Waals surface area contributed by atoms with E-state index in [0.717, 1.165) is 48.5 Å². The van der Waals surface area contributed by atoms with Crippen molar-refractivity contribution in [3.8, 4) is 16.9 Å². The Labute approximate surface area is 188 Å². The molecule has 0 saturated carbocycles. The molecule has 1 fully saturated rings. The summed E-state index contributed by atoms with van der Waals surface area (Å²) in [5, 5.41) is 0. The van der Waals surface area contributed by atoms with E-state index in [1.807, 2.05) is 46.2 Å². The summed E-state index contributed by atoms with van der Waals surface area (Å²) in [5.41, 5.74) is 2.91. The summed E-state index contributed by atoms with van der Waals surface area (Å²) >= 11 is 0. The number of urea groups is 1. The van der Waals surface area contributed by atoms with Gasteiger partial charge in [-0.05, 0) is 66.3 Å². The molecular formula is C26H28FN3O2. The fraction of sp³-hybridized carbons (Fsp3) is 0.308. The van der Waals surface area contributed by atoms with E-state index < -0.39 is 0 Å². The maximum atomic E-state index is 13.1. The molecule has 1 atom stereocenters. The minimum Gasteiger partial charge on any atom is -0.494 e. The largest absolute Gasteiger partial charge is 0.494 e. The van der Waals surface area contributed by atoms with Crippen molar-refractivity contribution in [2.45, 2.75) is 19.8 Å². The third-order valence-electron chi connectivity index (χ3n) is 5.87. The second-order valence-electron chi connectivity index (χ2n) is 8.19. The molecule has 5 nitrogen and oxygen atoms in total. The molecule has 1 aliphatic rings. The van der Waals surface area contributed by atoms with Gasteiger partial charge in [-0.15, -0.1) is 0 Å². The SMILES string of the molecule is C[C@@H](CCOc1ccc(-c2ccc(F)cc2)cc1)CCN1CCN(c2ccncc2)C1=O. The molecule has 6 heteroatoms. The summed E-state index contributed by atoms with van der Waals surface area (Å²) in [4.78, 5) is 20.4. The van der Waals surface area contributed by atoms with E-state index in [1.165, 1.54) is 12.1 Å². The maximum Gasteiger partial charge on any atom is 0.324 e. The van der Waals surface area contributed by atoms with Gasteiger partial charge in [0.15, 0.2) is 0 Å². The van der Waals surface area contributed by atoms with Gasteiger partial charge < -0.3 is 9.64 Å². The van der Waals surface area contributed by atoms with Crippen molar-refractivity contribution < 1.29 is 13.9 Å². The number of benzene rings is 2. The lowest BCUT2D eigenvalue weighted by Crippen LogP contribution is -2.33. The van der Waals surface area contributed by atoms with Crippen molar-refractivity contribution in [1.82, 2.24) is 9.88 Å². The predicted molar refractivity (Wildman–Crippen MR) is 124 cm³/mol. The molecule has 2 amide bonds. The van der Waals surface area contributed by atoms with Crippen molar-refractivity contribution in [3.05, 3.63) is 78.9 Å². The first-order valence-electron chi connectivity index (χ1n) is 11.1. The first-order valence-corrected chi connectivity index (χ1v) is 11.1. The summed E-state index contributed by atoms with van der Waals surface area (Å²) in [6.45, 7) is 5.06. The van der Waals surface area contributed by atoms with Gasteiger partial charge in [-0.1, -0.05) is 31.2 Å². The Hall–Kier alpha value is -3.41. The second kappa shape index (κ2) is 10.3. The average Bonchev–Trinajstić information content (AvgIpc) is 3.19. The van der Waals surface area contributed by atoms with Gasteiger partial charge in [-0.25, -0.2) is 9.18 Å². The van der Waals surface area contributed by atoms with Crippen LogP contribution in [0.15, 0.2) is 73.1 Å². The molecule has 0 radical (unpaired) electrons. The maximum absolute atomic E-state index is 13.1. The monoisotopic (exact) mass is 433 g/mol. The lowest BCUT2D eigenvalue weighted by Gasteiger charge is -2.20. The molecule has 3 aromatic rings. The Morgan fingerprint density at radius 1 is 0.938 bits per heavy atom. The zero-order valence-electron chi connectivity index (χ0n) is 18.3. The molecule has 1 aliphatic heterocycles. The van der Waals surface area contributed by atoms with Gasteiger partial charge in [-0.2, -0.15) is 0 Å². The number of amides is 2. The summed E-state index contributed by atoms with van der Waals surface area (Å²) < 4.78 is 19.0. The van der Waals surface area contributed by atoms with E-state index in [4.69, 9.17) is 4.74 Å². The Kier molecular flexibility index (Phi) is 7.00. The molecule has 0 spiro atoms. The molecule has 2 aromatic carbocycles. The molecule has 1 saturated heterocycles. The van der Waals surface area contributed by atoms with Gasteiger partial charge in [0.05, 0.1) is 6.61 Å². The molecule has 166 valence electrons. The van der Waals surface area contributed by atoms with Gasteiger partial charge in [0.2, 0.25) is 0 Å². The van der Waals surface area contributed by atoms with E-state index in [-0.39, 0.29) is 11.8 Å². The summed E-state index contributed by atoms with van der Waals surface area (Å²) in [6.07, 6.45) is 5.30. The normalized spacial score (nSPS) is 14.6. The van der Waals surface area contributed by atoms with Crippen molar-refractivity contribution >= 4 is 11.7 Å². The van der Waals surface area contributed by atoms with Crippen LogP contribution in [0.1, 0.15) is 19.8 Å². The number of nitrogens with zero attached hydrogens (tertiary/aromatic N) is 3. The Bertz CT molecular complexity index is 1010. The quantitative estimate of drug-likeness (QED) is 0.440. The minimum absolute atomic E-state index is 0.0703. The summed E-state index contributed by atoms with van der Waals surface area (Å²) in [5.74, 6) is 1.05. The number of anilines is 1. The fourth-order valence-corrected chi connectivity index (χ4v) is 3.84. The van der Waals surface area contributed by atoms with Crippen molar-refractivity contribution in [2.75, 3.05) is 31.1 Å². The molecule has 1 aromatic heterocycles. The second-order valence-corrected chi connectivity index (χ2v) is 8.19. The van der Waals surface area contributed by atoms with Crippen LogP contribution < -0.4 is 9.64 Å². The third-order valence-corrected chi connectivity index (χ3v) is 5.87. The van der Waals surface area contributed by atoms with E-state index in [0.29, 0.717) is 19.1 Å². The molecule has 4 rings (SSSR count). The van der Waals surface area contributed by atoms with Crippen LogP contribution in [0.25, 0.3) is 11.1 Å². The average molecular weight is 434 g/mol. The van der Waals surface area contributed by atoms with Gasteiger partial charge in [0, 0.05) is 37.7 Å². The zero-order chi connectivity index (χ0) is 22.3. The fourth-order valence-electron chi connectivity index (χ4n) is 3.84. The highest BCUT2D eigenvalue weighted by Gasteiger charge is 2.29. The standard InChI is InChI=1S/C26H28FN3O2/c1-20(12-16-29-17-18-30(26(29)31)24-10-14-28-15-11-24)13-19-32-25-8-4-22(5-9-25)21-2-6-23(27)7-3-21/h2-11,14-15,20H,12-13,16-19H2,1H3/t20-/m1/s1. The smallest absolute Gasteiger partial charge is 0.324 e. The number of hydrogen-bond donors (Lipinski definition) is 0. The topological polar surface area (TPSA) is 45.7 Å². The van der Waals surface area contributed by atoms with Crippen molar-refractivity contribution in [1.29, 1.82) is 0 Å². The molecule has 2 heterocycles. The molecule has 0 unspecified atom stereocenters. The number of rotatable bonds is 9. The number of aromatic nitrogens is 1. The molecule has 32 heavy (non-hydrogen) atoms. The Balaban J connectivity index is 1.18. The van der Waals surface area contributed by atoms with Crippen LogP contribution in [-0.2, 0) is 0 Å². The lowest BCUT2D eigenvalue weighted by molar-refractivity contribution is 0.214. The van der Waals surface area contributed by atoms with Crippen LogP contribution in [-0.4, -0.2) is 42.2 Å². The zero-order valence-corrected chi connectivity index (χ0v) is 18.3. The van der Waals surface area contributed by atoms with Crippen LogP contribution in [0, 0.1) is 11.7 Å². The molecular weight excluding hydrogens is 405 g/mol. The van der Waals surface area contributed by atoms with Crippen LogP contribution >= 0.6 is 0 Å². The molecule has 0 bridgehead atoms. The first-order chi connectivity index (χ1) is 15.6. The third kappa shape index (κ3) is 5.44. The minimum atomic E-state index is -0.233. The van der Waals surface area contributed by atoms with Crippen LogP contribution in [0.3, 0.4) is 0 Å². The number of hydrogen-bond acceptors (Lipinski definition) is 3. The van der Waals surface area contributed by atoms with E-state index in [9.17, 15) is 9.18 Å². The number of carbonyl (C=O) groups excluding carboxylic acids is 1. The van der Waals surface area contributed by atoms with E-state index in [1.54, 1.807) is 24.5 Å². The van der Waals surface area contributed by atoms with E-state index >= 15 is 0 Å². The van der Waals surface area contributed by atoms with Gasteiger partial charge in [0.25, 0.3) is 0 Å². The highest BCUT2D eigenvalue weighted by atomic mass is 19.1. The van der Waals surface area contributed by atoms with Crippen LogP contribution in [0.5, 0.6) is 5.75 Å². The van der Waals surface area contributed by atoms with E-state index in [2.05, 4.69) is 11.9 Å². The summed E-state index contributed by atoms with van der Waals surface area (Å²) in [7, 11) is 0. The highest BCUT2D eigenvalue weighted by molar-refractivity contribution is 5.94. The first kappa shape index (κ1) is 21.8. The number of halogens is 1. The molecule has 0 N–H and O–H groups in total. The van der Waals surface area contributed by atoms with Crippen LogP contribution in [0.2, 0.25) is 0 Å².